The van der Waals surface area contributed by atoms with E-state index in [1.165, 1.54) is 14.2 Å². The third-order valence-corrected chi connectivity index (χ3v) is 5.66. The van der Waals surface area contributed by atoms with Crippen LogP contribution in [0, 0.1) is 23.7 Å². The van der Waals surface area contributed by atoms with Gasteiger partial charge < -0.3 is 19.5 Å². The van der Waals surface area contributed by atoms with Crippen LogP contribution in [0.15, 0.2) is 24.3 Å². The van der Waals surface area contributed by atoms with Gasteiger partial charge >= 0.3 is 11.9 Å². The molecule has 0 aromatic heterocycles. The summed E-state index contributed by atoms with van der Waals surface area (Å²) < 4.78 is 15.7. The Balaban J connectivity index is 2.01. The number of ether oxygens (including phenoxy) is 3. The van der Waals surface area contributed by atoms with E-state index in [1.54, 1.807) is 0 Å². The molecular weight excluding hydrogens is 322 g/mol. The van der Waals surface area contributed by atoms with Crippen molar-refractivity contribution in [2.45, 2.75) is 12.3 Å². The second kappa shape index (κ2) is 7.44. The van der Waals surface area contributed by atoms with Crippen molar-refractivity contribution in [2.24, 2.45) is 23.7 Å². The third kappa shape index (κ3) is 3.23. The maximum Gasteiger partial charge on any atom is 0.310 e. The van der Waals surface area contributed by atoms with Gasteiger partial charge in [-0.1, -0.05) is 12.1 Å². The standard InChI is InChI=1S/C19H25NO5/c1-20-13-6-4-11(5-7-13)14-8-12-9-25-10-15(12)17(19(22)24-3)16(14)18(21)23-2/h4-7,12,14-17,20H,8-10H2,1-3H3/t12?,14?,15?,16-,17?/m0/s1. The van der Waals surface area contributed by atoms with Gasteiger partial charge in [-0.25, -0.2) is 0 Å². The van der Waals surface area contributed by atoms with Crippen LogP contribution in [0.3, 0.4) is 0 Å². The Labute approximate surface area is 147 Å². The van der Waals surface area contributed by atoms with Crippen molar-refractivity contribution in [1.29, 1.82) is 0 Å². The van der Waals surface area contributed by atoms with Crippen LogP contribution >= 0.6 is 0 Å². The van der Waals surface area contributed by atoms with Gasteiger partial charge in [0.05, 0.1) is 32.7 Å². The van der Waals surface area contributed by atoms with Crippen molar-refractivity contribution in [1.82, 2.24) is 0 Å². The summed E-state index contributed by atoms with van der Waals surface area (Å²) in [6, 6.07) is 7.98. The van der Waals surface area contributed by atoms with Crippen LogP contribution in [0.5, 0.6) is 0 Å². The molecule has 6 heteroatoms. The smallest absolute Gasteiger partial charge is 0.310 e. The van der Waals surface area contributed by atoms with E-state index in [0.29, 0.717) is 13.2 Å². The van der Waals surface area contributed by atoms with Crippen molar-refractivity contribution >= 4 is 17.6 Å². The molecule has 3 rings (SSSR count). The number of carbonyl (C=O) groups excluding carboxylic acids is 2. The van der Waals surface area contributed by atoms with Crippen LogP contribution in [-0.2, 0) is 23.8 Å². The molecule has 1 aliphatic heterocycles. The summed E-state index contributed by atoms with van der Waals surface area (Å²) in [6.45, 7) is 1.11. The van der Waals surface area contributed by atoms with Crippen LogP contribution in [0.25, 0.3) is 0 Å². The van der Waals surface area contributed by atoms with E-state index in [9.17, 15) is 9.59 Å². The molecular formula is C19H25NO5. The van der Waals surface area contributed by atoms with Crippen molar-refractivity contribution in [3.05, 3.63) is 29.8 Å². The van der Waals surface area contributed by atoms with Gasteiger partial charge in [0.1, 0.15) is 0 Å². The zero-order chi connectivity index (χ0) is 18.0. The SMILES string of the molecule is CNc1ccc(C2CC3COCC3C(C(=O)OC)[C@H]2C(=O)OC)cc1. The number of rotatable bonds is 4. The lowest BCUT2D eigenvalue weighted by Crippen LogP contribution is -2.47. The van der Waals surface area contributed by atoms with Crippen LogP contribution < -0.4 is 5.32 Å². The maximum atomic E-state index is 12.6. The predicted molar refractivity (Wildman–Crippen MR) is 92.2 cm³/mol. The second-order valence-electron chi connectivity index (χ2n) is 6.77. The highest BCUT2D eigenvalue weighted by molar-refractivity contribution is 5.83. The van der Waals surface area contributed by atoms with Crippen LogP contribution in [0.4, 0.5) is 5.69 Å². The second-order valence-corrected chi connectivity index (χ2v) is 6.77. The predicted octanol–water partition coefficient (Wildman–Crippen LogP) is 2.06. The Morgan fingerprint density at radius 3 is 2.28 bits per heavy atom. The maximum absolute atomic E-state index is 12.6. The largest absolute Gasteiger partial charge is 0.469 e. The number of anilines is 1. The topological polar surface area (TPSA) is 73.9 Å². The van der Waals surface area contributed by atoms with Gasteiger partial charge in [-0.2, -0.15) is 0 Å². The van der Waals surface area contributed by atoms with E-state index in [1.807, 2.05) is 31.3 Å². The van der Waals surface area contributed by atoms with E-state index in [0.717, 1.165) is 17.7 Å². The monoisotopic (exact) mass is 347 g/mol. The van der Waals surface area contributed by atoms with Gasteiger partial charge in [-0.05, 0) is 36.0 Å². The van der Waals surface area contributed by atoms with Crippen molar-refractivity contribution in [3.63, 3.8) is 0 Å². The van der Waals surface area contributed by atoms with Crippen LogP contribution in [-0.4, -0.2) is 46.4 Å². The molecule has 0 amide bonds. The average molecular weight is 347 g/mol. The minimum absolute atomic E-state index is 0.00406. The summed E-state index contributed by atoms with van der Waals surface area (Å²) in [5.41, 5.74) is 2.04. The molecule has 136 valence electrons. The summed E-state index contributed by atoms with van der Waals surface area (Å²) in [6.07, 6.45) is 0.802. The molecule has 1 aromatic carbocycles. The molecule has 6 nitrogen and oxygen atoms in total. The molecule has 5 atom stereocenters. The number of carbonyl (C=O) groups is 2. The molecule has 1 aromatic rings. The molecule has 2 fully saturated rings. The summed E-state index contributed by atoms with van der Waals surface area (Å²) in [7, 11) is 4.60. The first-order valence-electron chi connectivity index (χ1n) is 8.61. The van der Waals surface area contributed by atoms with Crippen LogP contribution in [0.2, 0.25) is 0 Å². The molecule has 1 heterocycles. The van der Waals surface area contributed by atoms with E-state index in [4.69, 9.17) is 14.2 Å². The van der Waals surface area contributed by atoms with Crippen LogP contribution in [0.1, 0.15) is 17.9 Å². The molecule has 25 heavy (non-hydrogen) atoms. The van der Waals surface area contributed by atoms with Crippen molar-refractivity contribution in [3.8, 4) is 0 Å². The Hall–Kier alpha value is -2.08. The Bertz CT molecular complexity index is 629. The highest BCUT2D eigenvalue weighted by Crippen LogP contribution is 2.50. The molecule has 2 aliphatic rings. The zero-order valence-electron chi connectivity index (χ0n) is 14.9. The number of hydrogen-bond donors (Lipinski definition) is 1. The van der Waals surface area contributed by atoms with E-state index >= 15 is 0 Å². The van der Waals surface area contributed by atoms with Gasteiger partial charge in [0.15, 0.2) is 0 Å². The lowest BCUT2D eigenvalue weighted by molar-refractivity contribution is -0.164. The number of esters is 2. The first-order valence-corrected chi connectivity index (χ1v) is 8.61. The average Bonchev–Trinajstić information content (AvgIpc) is 3.13. The molecule has 0 bridgehead atoms. The first kappa shape index (κ1) is 17.7. The van der Waals surface area contributed by atoms with Gasteiger partial charge in [-0.3, -0.25) is 9.59 Å². The lowest BCUT2D eigenvalue weighted by Gasteiger charge is -2.41. The van der Waals surface area contributed by atoms with Crippen molar-refractivity contribution in [2.75, 3.05) is 39.8 Å². The molecule has 0 spiro atoms. The minimum atomic E-state index is -0.555. The molecule has 1 saturated carbocycles. The Morgan fingerprint density at radius 2 is 1.68 bits per heavy atom. The van der Waals surface area contributed by atoms with E-state index < -0.39 is 11.8 Å². The van der Waals surface area contributed by atoms with E-state index in [2.05, 4.69) is 5.32 Å². The highest BCUT2D eigenvalue weighted by atomic mass is 16.5. The molecule has 1 saturated heterocycles. The summed E-state index contributed by atoms with van der Waals surface area (Å²) in [5.74, 6) is -1.64. The van der Waals surface area contributed by atoms with E-state index in [-0.39, 0.29) is 29.7 Å². The highest BCUT2D eigenvalue weighted by Gasteiger charge is 2.54. The first-order chi connectivity index (χ1) is 12.1. The molecule has 1 N–H and O–H groups in total. The zero-order valence-corrected chi connectivity index (χ0v) is 14.9. The molecule has 0 radical (unpaired) electrons. The Morgan fingerprint density at radius 1 is 1.04 bits per heavy atom. The number of methoxy groups -OCH3 is 2. The number of benzene rings is 1. The summed E-state index contributed by atoms with van der Waals surface area (Å²) in [5, 5.41) is 3.09. The summed E-state index contributed by atoms with van der Waals surface area (Å²) in [4.78, 5) is 25.1. The Kier molecular flexibility index (Phi) is 5.27. The van der Waals surface area contributed by atoms with Gasteiger partial charge in [-0.15, -0.1) is 0 Å². The fourth-order valence-corrected chi connectivity index (χ4v) is 4.39. The minimum Gasteiger partial charge on any atom is -0.469 e. The number of fused-ring (bicyclic) bond motifs is 1. The van der Waals surface area contributed by atoms with Gasteiger partial charge in [0.25, 0.3) is 0 Å². The molecule has 1 aliphatic carbocycles. The van der Waals surface area contributed by atoms with Crippen molar-refractivity contribution < 1.29 is 23.8 Å². The normalized spacial score (nSPS) is 31.1. The molecule has 4 unspecified atom stereocenters. The van der Waals surface area contributed by atoms with Gasteiger partial charge in [0, 0.05) is 25.3 Å². The van der Waals surface area contributed by atoms with Gasteiger partial charge in [0.2, 0.25) is 0 Å². The number of nitrogens with one attached hydrogen (secondary N) is 1. The quantitative estimate of drug-likeness (QED) is 0.841. The fraction of sp³-hybridized carbons (Fsp3) is 0.579. The fourth-order valence-electron chi connectivity index (χ4n) is 4.39. The lowest BCUT2D eigenvalue weighted by atomic mass is 9.61. The summed E-state index contributed by atoms with van der Waals surface area (Å²) >= 11 is 0. The number of hydrogen-bond acceptors (Lipinski definition) is 6. The third-order valence-electron chi connectivity index (χ3n) is 5.66.